The molecule has 0 saturated carbocycles. The fourth-order valence-electron chi connectivity index (χ4n) is 2.67. The molecule has 0 unspecified atom stereocenters. The summed E-state index contributed by atoms with van der Waals surface area (Å²) in [5.41, 5.74) is 7.85. The number of hydrogen-bond acceptors (Lipinski definition) is 2. The van der Waals surface area contributed by atoms with Crippen LogP contribution in [0.15, 0.2) is 60.8 Å². The number of H-pyrrole nitrogens is 1. The zero-order valence-electron chi connectivity index (χ0n) is 13.2. The van der Waals surface area contributed by atoms with E-state index in [2.05, 4.69) is 4.98 Å². The number of rotatable bonds is 6. The molecule has 0 aliphatic heterocycles. The van der Waals surface area contributed by atoms with E-state index < -0.39 is 5.91 Å². The molecule has 24 heavy (non-hydrogen) atoms. The van der Waals surface area contributed by atoms with Crippen LogP contribution in [-0.4, -0.2) is 28.2 Å². The van der Waals surface area contributed by atoms with Crippen molar-refractivity contribution in [2.45, 2.75) is 13.0 Å². The highest BCUT2D eigenvalue weighted by Crippen LogP contribution is 2.17. The second-order valence-corrected chi connectivity index (χ2v) is 5.71. The van der Waals surface area contributed by atoms with Gasteiger partial charge in [-0.1, -0.05) is 30.3 Å². The van der Waals surface area contributed by atoms with Crippen LogP contribution in [0.3, 0.4) is 0 Å². The first-order valence-corrected chi connectivity index (χ1v) is 7.82. The lowest BCUT2D eigenvalue weighted by atomic mass is 10.1. The molecule has 0 atom stereocenters. The average Bonchev–Trinajstić information content (AvgIpc) is 3.06. The van der Waals surface area contributed by atoms with Gasteiger partial charge in [-0.3, -0.25) is 9.59 Å². The second kappa shape index (κ2) is 7.00. The first-order valence-electron chi connectivity index (χ1n) is 7.82. The molecule has 0 fully saturated rings. The summed E-state index contributed by atoms with van der Waals surface area (Å²) in [4.78, 5) is 28.8. The Morgan fingerprint density at radius 3 is 2.58 bits per heavy atom. The highest BCUT2D eigenvalue weighted by molar-refractivity contribution is 5.98. The largest absolute Gasteiger partial charge is 0.370 e. The fraction of sp³-hybridized carbons (Fsp3) is 0.158. The minimum Gasteiger partial charge on any atom is -0.370 e. The number of amides is 2. The third kappa shape index (κ3) is 3.63. The standard InChI is InChI=1S/C19H19N3O2/c20-18(23)9-11-22(13-14-4-2-1-3-5-14)19(24)16-6-7-17-15(12-16)8-10-21-17/h1-8,10,12,21H,9,11,13H2,(H2,20,23). The van der Waals surface area contributed by atoms with Crippen LogP contribution in [0.5, 0.6) is 0 Å². The first kappa shape index (κ1) is 15.8. The Labute approximate surface area is 140 Å². The molecule has 0 radical (unpaired) electrons. The minimum absolute atomic E-state index is 0.108. The molecule has 5 nitrogen and oxygen atoms in total. The monoisotopic (exact) mass is 321 g/mol. The van der Waals surface area contributed by atoms with Crippen molar-refractivity contribution in [1.82, 2.24) is 9.88 Å². The molecule has 0 bridgehead atoms. The van der Waals surface area contributed by atoms with Gasteiger partial charge in [0, 0.05) is 42.2 Å². The third-order valence-electron chi connectivity index (χ3n) is 3.93. The van der Waals surface area contributed by atoms with Gasteiger partial charge < -0.3 is 15.6 Å². The van der Waals surface area contributed by atoms with Crippen molar-refractivity contribution in [3.63, 3.8) is 0 Å². The molecule has 0 aliphatic rings. The van der Waals surface area contributed by atoms with Gasteiger partial charge >= 0.3 is 0 Å². The van der Waals surface area contributed by atoms with Gasteiger partial charge in [0.1, 0.15) is 0 Å². The molecule has 122 valence electrons. The predicted octanol–water partition coefficient (Wildman–Crippen LogP) is 2.69. The van der Waals surface area contributed by atoms with Gasteiger partial charge in [-0.25, -0.2) is 0 Å². The number of aromatic nitrogens is 1. The number of fused-ring (bicyclic) bond motifs is 1. The van der Waals surface area contributed by atoms with Gasteiger partial charge in [-0.2, -0.15) is 0 Å². The van der Waals surface area contributed by atoms with E-state index in [4.69, 9.17) is 5.73 Å². The summed E-state index contributed by atoms with van der Waals surface area (Å²) < 4.78 is 0. The maximum atomic E-state index is 12.9. The summed E-state index contributed by atoms with van der Waals surface area (Å²) in [6, 6.07) is 17.2. The number of aromatic amines is 1. The van der Waals surface area contributed by atoms with E-state index in [1.165, 1.54) is 0 Å². The number of carbonyl (C=O) groups is 2. The van der Waals surface area contributed by atoms with Crippen LogP contribution in [0.2, 0.25) is 0 Å². The van der Waals surface area contributed by atoms with E-state index in [1.54, 1.807) is 11.0 Å². The quantitative estimate of drug-likeness (QED) is 0.732. The molecular weight excluding hydrogens is 302 g/mol. The molecule has 2 amide bonds. The number of nitrogens with one attached hydrogen (secondary N) is 1. The Hall–Kier alpha value is -3.08. The van der Waals surface area contributed by atoms with E-state index >= 15 is 0 Å². The van der Waals surface area contributed by atoms with Crippen LogP contribution in [0, 0.1) is 0 Å². The first-order chi connectivity index (χ1) is 11.6. The van der Waals surface area contributed by atoms with Gasteiger partial charge in [-0.05, 0) is 29.8 Å². The summed E-state index contributed by atoms with van der Waals surface area (Å²) in [7, 11) is 0. The topological polar surface area (TPSA) is 79.2 Å². The molecular formula is C19H19N3O2. The van der Waals surface area contributed by atoms with Crippen molar-refractivity contribution in [3.8, 4) is 0 Å². The van der Waals surface area contributed by atoms with Crippen molar-refractivity contribution in [2.75, 3.05) is 6.54 Å². The molecule has 0 saturated heterocycles. The van der Waals surface area contributed by atoms with E-state index in [0.717, 1.165) is 16.5 Å². The summed E-state index contributed by atoms with van der Waals surface area (Å²) in [5.74, 6) is -0.523. The third-order valence-corrected chi connectivity index (χ3v) is 3.93. The Kier molecular flexibility index (Phi) is 4.61. The van der Waals surface area contributed by atoms with Crippen LogP contribution in [0.25, 0.3) is 10.9 Å². The molecule has 1 aromatic heterocycles. The van der Waals surface area contributed by atoms with E-state index in [1.807, 2.05) is 54.7 Å². The summed E-state index contributed by atoms with van der Waals surface area (Å²) >= 11 is 0. The number of nitrogens with zero attached hydrogens (tertiary/aromatic N) is 1. The molecule has 3 N–H and O–H groups in total. The Bertz CT molecular complexity index is 855. The number of carbonyl (C=O) groups excluding carboxylic acids is 2. The number of benzene rings is 2. The SMILES string of the molecule is NC(=O)CCN(Cc1ccccc1)C(=O)c1ccc2[nH]ccc2c1. The lowest BCUT2D eigenvalue weighted by Gasteiger charge is -2.22. The van der Waals surface area contributed by atoms with Crippen LogP contribution < -0.4 is 5.73 Å². The lowest BCUT2D eigenvalue weighted by Crippen LogP contribution is -2.33. The van der Waals surface area contributed by atoms with E-state index in [9.17, 15) is 9.59 Å². The van der Waals surface area contributed by atoms with Crippen molar-refractivity contribution in [3.05, 3.63) is 71.9 Å². The molecule has 1 heterocycles. The van der Waals surface area contributed by atoms with Gasteiger partial charge in [0.05, 0.1) is 0 Å². The summed E-state index contributed by atoms with van der Waals surface area (Å²) in [6.07, 6.45) is 1.98. The summed E-state index contributed by atoms with van der Waals surface area (Å²) in [6.45, 7) is 0.742. The number of nitrogens with two attached hydrogens (primary N) is 1. The van der Waals surface area contributed by atoms with Crippen LogP contribution in [0.1, 0.15) is 22.3 Å². The Morgan fingerprint density at radius 1 is 1.04 bits per heavy atom. The normalized spacial score (nSPS) is 10.7. The van der Waals surface area contributed by atoms with Crippen molar-refractivity contribution < 1.29 is 9.59 Å². The Balaban J connectivity index is 1.84. The van der Waals surface area contributed by atoms with E-state index in [-0.39, 0.29) is 12.3 Å². The lowest BCUT2D eigenvalue weighted by molar-refractivity contribution is -0.118. The average molecular weight is 321 g/mol. The number of primary amides is 1. The van der Waals surface area contributed by atoms with Gasteiger partial charge in [0.2, 0.25) is 5.91 Å². The van der Waals surface area contributed by atoms with Crippen LogP contribution in [0.4, 0.5) is 0 Å². The molecule has 0 aliphatic carbocycles. The molecule has 3 aromatic rings. The van der Waals surface area contributed by atoms with Gasteiger partial charge in [0.15, 0.2) is 0 Å². The van der Waals surface area contributed by atoms with E-state index in [0.29, 0.717) is 18.7 Å². The zero-order valence-corrected chi connectivity index (χ0v) is 13.2. The molecule has 0 spiro atoms. The molecule has 3 rings (SSSR count). The maximum Gasteiger partial charge on any atom is 0.254 e. The molecule has 5 heteroatoms. The summed E-state index contributed by atoms with van der Waals surface area (Å²) in [5, 5.41) is 0.982. The number of hydrogen-bond donors (Lipinski definition) is 2. The highest BCUT2D eigenvalue weighted by atomic mass is 16.2. The van der Waals surface area contributed by atoms with Gasteiger partial charge in [-0.15, -0.1) is 0 Å². The predicted molar refractivity (Wildman–Crippen MR) is 93.3 cm³/mol. The fourth-order valence-corrected chi connectivity index (χ4v) is 2.67. The maximum absolute atomic E-state index is 12.9. The van der Waals surface area contributed by atoms with Crippen molar-refractivity contribution in [1.29, 1.82) is 0 Å². The van der Waals surface area contributed by atoms with Crippen molar-refractivity contribution in [2.24, 2.45) is 5.73 Å². The second-order valence-electron chi connectivity index (χ2n) is 5.71. The smallest absolute Gasteiger partial charge is 0.254 e. The minimum atomic E-state index is -0.415. The highest BCUT2D eigenvalue weighted by Gasteiger charge is 2.17. The van der Waals surface area contributed by atoms with Crippen LogP contribution in [-0.2, 0) is 11.3 Å². The molecule has 2 aromatic carbocycles. The Morgan fingerprint density at radius 2 is 1.83 bits per heavy atom. The van der Waals surface area contributed by atoms with Crippen molar-refractivity contribution >= 4 is 22.7 Å². The van der Waals surface area contributed by atoms with Gasteiger partial charge in [0.25, 0.3) is 5.91 Å². The van der Waals surface area contributed by atoms with Crippen LogP contribution >= 0.6 is 0 Å². The zero-order chi connectivity index (χ0) is 16.9.